The molecule has 0 unspecified atom stereocenters. The second-order valence-corrected chi connectivity index (χ2v) is 12.1. The first-order valence-corrected chi connectivity index (χ1v) is 15.0. The average molecular weight is 578 g/mol. The van der Waals surface area contributed by atoms with Crippen molar-refractivity contribution in [3.8, 4) is 17.2 Å². The zero-order valence-corrected chi connectivity index (χ0v) is 25.5. The number of pyridine rings is 1. The monoisotopic (exact) mass is 577 g/mol. The maximum absolute atomic E-state index is 13.4. The van der Waals surface area contributed by atoms with Crippen molar-refractivity contribution >= 4 is 17.0 Å². The number of likely N-dealkylation sites (tertiary alicyclic amines) is 1. The van der Waals surface area contributed by atoms with Crippen LogP contribution in [0.1, 0.15) is 51.7 Å². The van der Waals surface area contributed by atoms with Gasteiger partial charge in [0, 0.05) is 56.3 Å². The number of piperidine rings is 1. The van der Waals surface area contributed by atoms with Gasteiger partial charge in [-0.2, -0.15) is 0 Å². The van der Waals surface area contributed by atoms with Gasteiger partial charge >= 0.3 is 6.09 Å². The van der Waals surface area contributed by atoms with Crippen molar-refractivity contribution in [2.75, 3.05) is 39.5 Å². The Morgan fingerprint density at radius 3 is 2.45 bits per heavy atom. The van der Waals surface area contributed by atoms with Crippen molar-refractivity contribution in [2.45, 2.75) is 72.2 Å². The molecule has 226 valence electrons. The smallest absolute Gasteiger partial charge is 0.410 e. The van der Waals surface area contributed by atoms with E-state index >= 15 is 0 Å². The zero-order chi connectivity index (χ0) is 29.9. The summed E-state index contributed by atoms with van der Waals surface area (Å²) in [4.78, 5) is 30.6. The molecule has 0 atom stereocenters. The van der Waals surface area contributed by atoms with Gasteiger partial charge < -0.3 is 33.3 Å². The Bertz CT molecular complexity index is 1470. The predicted octanol–water partition coefficient (Wildman–Crippen LogP) is 5.38. The fourth-order valence-corrected chi connectivity index (χ4v) is 5.76. The van der Waals surface area contributed by atoms with Crippen molar-refractivity contribution in [3.05, 3.63) is 63.9 Å². The Morgan fingerprint density at radius 1 is 1.00 bits per heavy atom. The molecule has 1 amide bonds. The lowest BCUT2D eigenvalue weighted by Crippen LogP contribution is -2.49. The number of hydrogen-bond donors (Lipinski definition) is 0. The number of aryl methyl sites for hydroxylation is 1. The van der Waals surface area contributed by atoms with Crippen molar-refractivity contribution in [1.29, 1.82) is 0 Å². The molecule has 3 heterocycles. The van der Waals surface area contributed by atoms with Crippen LogP contribution in [0.4, 0.5) is 4.79 Å². The van der Waals surface area contributed by atoms with E-state index in [0.29, 0.717) is 38.7 Å². The number of carbonyl (C=O) groups excluding carboxylic acids is 1. The van der Waals surface area contributed by atoms with Gasteiger partial charge in [-0.15, -0.1) is 0 Å². The highest BCUT2D eigenvalue weighted by Crippen LogP contribution is 2.32. The number of hydrogen-bond acceptors (Lipinski definition) is 7. The summed E-state index contributed by atoms with van der Waals surface area (Å²) >= 11 is 0. The minimum absolute atomic E-state index is 0.000866. The normalized spacial score (nSPS) is 15.9. The van der Waals surface area contributed by atoms with Gasteiger partial charge in [0.1, 0.15) is 24.6 Å². The van der Waals surface area contributed by atoms with E-state index in [1.807, 2.05) is 80.5 Å². The summed E-state index contributed by atoms with van der Waals surface area (Å²) in [5.74, 6) is 2.21. The molecule has 0 N–H and O–H groups in total. The molecule has 2 aromatic carbocycles. The number of fused-ring (bicyclic) bond motifs is 2. The van der Waals surface area contributed by atoms with E-state index in [0.717, 1.165) is 66.0 Å². The van der Waals surface area contributed by atoms with Crippen LogP contribution in [0.25, 0.3) is 10.9 Å². The molecule has 0 bridgehead atoms. The maximum atomic E-state index is 13.4. The second kappa shape index (κ2) is 12.7. The minimum Gasteiger partial charge on any atom is -0.494 e. The van der Waals surface area contributed by atoms with Crippen molar-refractivity contribution < 1.29 is 23.7 Å². The number of nitrogens with zero attached hydrogens (tertiary/aromatic N) is 3. The lowest BCUT2D eigenvalue weighted by Gasteiger charge is -2.39. The van der Waals surface area contributed by atoms with Crippen molar-refractivity contribution in [2.24, 2.45) is 0 Å². The van der Waals surface area contributed by atoms with Gasteiger partial charge in [-0.05, 0) is 82.9 Å². The molecule has 9 heteroatoms. The van der Waals surface area contributed by atoms with Crippen LogP contribution in [0.3, 0.4) is 0 Å². The minimum atomic E-state index is -0.588. The Balaban J connectivity index is 1.27. The SMILES string of the molecule is CCOc1ccc2c(C)cc(=O)n(CCN3CCC(N(Cc4ccc5c(c4)OCCO5)C(=O)OC(C)(C)C)CC3)c2c1. The van der Waals surface area contributed by atoms with E-state index < -0.39 is 5.60 Å². The fourth-order valence-electron chi connectivity index (χ4n) is 5.76. The highest BCUT2D eigenvalue weighted by molar-refractivity contribution is 5.83. The summed E-state index contributed by atoms with van der Waals surface area (Å²) < 4.78 is 24.8. The van der Waals surface area contributed by atoms with E-state index in [9.17, 15) is 9.59 Å². The Labute approximate surface area is 247 Å². The molecule has 0 aliphatic carbocycles. The lowest BCUT2D eigenvalue weighted by molar-refractivity contribution is 0.00562. The Kier molecular flexibility index (Phi) is 8.96. The first-order chi connectivity index (χ1) is 20.1. The van der Waals surface area contributed by atoms with Crippen LogP contribution >= 0.6 is 0 Å². The Morgan fingerprint density at radius 2 is 1.74 bits per heavy atom. The zero-order valence-electron chi connectivity index (χ0n) is 25.5. The standard InChI is InChI=1S/C33H43N3O6/c1-6-39-26-8-9-27-23(2)19-31(37)35(28(27)21-26)16-15-34-13-11-25(12-14-34)36(32(38)42-33(3,4)5)22-24-7-10-29-30(20-24)41-18-17-40-29/h7-10,19-21,25H,6,11-18,22H2,1-5H3. The summed E-state index contributed by atoms with van der Waals surface area (Å²) in [5.41, 5.74) is 2.25. The third kappa shape index (κ3) is 7.01. The summed E-state index contributed by atoms with van der Waals surface area (Å²) in [7, 11) is 0. The quantitative estimate of drug-likeness (QED) is 0.356. The molecule has 2 aliphatic rings. The summed E-state index contributed by atoms with van der Waals surface area (Å²) in [6.07, 6.45) is 1.34. The fraction of sp³-hybridized carbons (Fsp3) is 0.515. The maximum Gasteiger partial charge on any atom is 0.410 e. The number of amides is 1. The lowest BCUT2D eigenvalue weighted by atomic mass is 10.0. The summed E-state index contributed by atoms with van der Waals surface area (Å²) in [5, 5.41) is 1.06. The van der Waals surface area contributed by atoms with Gasteiger partial charge in [0.15, 0.2) is 11.5 Å². The van der Waals surface area contributed by atoms with E-state index in [1.54, 1.807) is 6.07 Å². The van der Waals surface area contributed by atoms with Gasteiger partial charge in [0.25, 0.3) is 5.56 Å². The van der Waals surface area contributed by atoms with Gasteiger partial charge in [0.2, 0.25) is 0 Å². The highest BCUT2D eigenvalue weighted by atomic mass is 16.6. The van der Waals surface area contributed by atoms with Gasteiger partial charge in [-0.1, -0.05) is 6.07 Å². The van der Waals surface area contributed by atoms with Crippen LogP contribution in [0.5, 0.6) is 17.2 Å². The number of benzene rings is 2. The third-order valence-electron chi connectivity index (χ3n) is 7.83. The Hall–Kier alpha value is -3.72. The summed E-state index contributed by atoms with van der Waals surface area (Å²) in [6.45, 7) is 14.7. The molecule has 1 fully saturated rings. The molecule has 0 saturated carbocycles. The molecule has 2 aliphatic heterocycles. The van der Waals surface area contributed by atoms with E-state index in [1.165, 1.54) is 0 Å². The molecule has 1 aromatic heterocycles. The number of aromatic nitrogens is 1. The second-order valence-electron chi connectivity index (χ2n) is 12.1. The topological polar surface area (TPSA) is 82.5 Å². The molecule has 42 heavy (non-hydrogen) atoms. The van der Waals surface area contributed by atoms with Crippen LogP contribution < -0.4 is 19.8 Å². The van der Waals surface area contributed by atoms with E-state index in [2.05, 4.69) is 4.90 Å². The molecular formula is C33H43N3O6. The molecule has 0 radical (unpaired) electrons. The largest absolute Gasteiger partial charge is 0.494 e. The molecular weight excluding hydrogens is 534 g/mol. The van der Waals surface area contributed by atoms with Gasteiger partial charge in [0.05, 0.1) is 12.1 Å². The molecule has 0 spiro atoms. The van der Waals surface area contributed by atoms with E-state index in [-0.39, 0.29) is 17.7 Å². The van der Waals surface area contributed by atoms with Crippen molar-refractivity contribution in [1.82, 2.24) is 14.4 Å². The summed E-state index contributed by atoms with van der Waals surface area (Å²) in [6, 6.07) is 13.6. The van der Waals surface area contributed by atoms with Gasteiger partial charge in [-0.3, -0.25) is 4.79 Å². The molecule has 9 nitrogen and oxygen atoms in total. The average Bonchev–Trinajstić information content (AvgIpc) is 2.95. The third-order valence-corrected chi connectivity index (χ3v) is 7.83. The van der Waals surface area contributed by atoms with Crippen LogP contribution in [0, 0.1) is 6.92 Å². The molecule has 5 rings (SSSR count). The van der Waals surface area contributed by atoms with Crippen LogP contribution in [-0.2, 0) is 17.8 Å². The predicted molar refractivity (Wildman–Crippen MR) is 163 cm³/mol. The first-order valence-electron chi connectivity index (χ1n) is 15.0. The molecule has 3 aromatic rings. The van der Waals surface area contributed by atoms with Gasteiger partial charge in [-0.25, -0.2) is 4.79 Å². The van der Waals surface area contributed by atoms with Crippen LogP contribution in [-0.4, -0.2) is 71.6 Å². The van der Waals surface area contributed by atoms with Crippen molar-refractivity contribution in [3.63, 3.8) is 0 Å². The number of rotatable bonds is 8. The molecule has 1 saturated heterocycles. The van der Waals surface area contributed by atoms with Crippen LogP contribution in [0.15, 0.2) is 47.3 Å². The first kappa shape index (κ1) is 29.8. The number of ether oxygens (including phenoxy) is 4. The van der Waals surface area contributed by atoms with Crippen LogP contribution in [0.2, 0.25) is 0 Å². The highest BCUT2D eigenvalue weighted by Gasteiger charge is 2.31. The number of carbonyl (C=O) groups is 1. The van der Waals surface area contributed by atoms with E-state index in [4.69, 9.17) is 18.9 Å².